The number of rotatable bonds is 3. The average molecular weight is 353 g/mol. The molecule has 0 spiro atoms. The van der Waals surface area contributed by atoms with Crippen molar-refractivity contribution in [1.82, 2.24) is 4.98 Å². The molecule has 4 rings (SSSR count). The molecule has 0 aliphatic carbocycles. The summed E-state index contributed by atoms with van der Waals surface area (Å²) in [4.78, 5) is 17.6. The third-order valence-corrected chi connectivity index (χ3v) is 4.20. The maximum atomic E-state index is 13.0. The van der Waals surface area contributed by atoms with Gasteiger partial charge in [-0.2, -0.15) is 5.26 Å². The molecular weight excluding hydrogens is 338 g/mol. The SMILES string of the molecule is Cc1ccc(-c2cc(C(=O)Nc3cccc(C#N)c3)c3ccccc3n2)o1. The van der Waals surface area contributed by atoms with Crippen molar-refractivity contribution in [3.05, 3.63) is 83.6 Å². The van der Waals surface area contributed by atoms with Crippen molar-refractivity contribution in [3.8, 4) is 17.5 Å². The highest BCUT2D eigenvalue weighted by Crippen LogP contribution is 2.27. The minimum Gasteiger partial charge on any atom is -0.460 e. The number of anilines is 1. The Morgan fingerprint density at radius 3 is 2.70 bits per heavy atom. The van der Waals surface area contributed by atoms with Crippen LogP contribution >= 0.6 is 0 Å². The number of carbonyl (C=O) groups is 1. The molecule has 0 unspecified atom stereocenters. The maximum absolute atomic E-state index is 13.0. The molecule has 0 saturated carbocycles. The number of furan rings is 1. The Balaban J connectivity index is 1.79. The first-order chi connectivity index (χ1) is 13.1. The number of aromatic nitrogens is 1. The second-order valence-corrected chi connectivity index (χ2v) is 6.13. The van der Waals surface area contributed by atoms with Gasteiger partial charge in [-0.1, -0.05) is 24.3 Å². The lowest BCUT2D eigenvalue weighted by Crippen LogP contribution is -2.13. The molecule has 0 bridgehead atoms. The number of carbonyl (C=O) groups excluding carboxylic acids is 1. The van der Waals surface area contributed by atoms with Crippen LogP contribution in [0.2, 0.25) is 0 Å². The predicted molar refractivity (Wildman–Crippen MR) is 103 cm³/mol. The first kappa shape index (κ1) is 16.6. The lowest BCUT2D eigenvalue weighted by Gasteiger charge is -2.10. The average Bonchev–Trinajstić information content (AvgIpc) is 3.13. The van der Waals surface area contributed by atoms with Crippen LogP contribution in [0.4, 0.5) is 5.69 Å². The Bertz CT molecular complexity index is 1200. The van der Waals surface area contributed by atoms with Gasteiger partial charge >= 0.3 is 0 Å². The van der Waals surface area contributed by atoms with E-state index in [9.17, 15) is 4.79 Å². The highest BCUT2D eigenvalue weighted by molar-refractivity contribution is 6.13. The molecule has 1 N–H and O–H groups in total. The van der Waals surface area contributed by atoms with Crippen LogP contribution in [-0.4, -0.2) is 10.9 Å². The van der Waals surface area contributed by atoms with Gasteiger partial charge in [0.15, 0.2) is 5.76 Å². The second kappa shape index (κ2) is 6.77. The van der Waals surface area contributed by atoms with E-state index < -0.39 is 0 Å². The summed E-state index contributed by atoms with van der Waals surface area (Å²) in [5.74, 6) is 1.12. The van der Waals surface area contributed by atoms with Crippen molar-refractivity contribution in [3.63, 3.8) is 0 Å². The van der Waals surface area contributed by atoms with E-state index in [1.54, 1.807) is 30.3 Å². The molecule has 0 aliphatic rings. The third-order valence-electron chi connectivity index (χ3n) is 4.20. The molecule has 0 radical (unpaired) electrons. The standard InChI is InChI=1S/C22H15N3O2/c1-14-9-10-21(27-14)20-12-18(17-7-2-3-8-19(17)25-20)22(26)24-16-6-4-5-15(11-16)13-23/h2-12H,1H3,(H,24,26). The number of benzene rings is 2. The van der Waals surface area contributed by atoms with Crippen molar-refractivity contribution < 1.29 is 9.21 Å². The molecule has 5 nitrogen and oxygen atoms in total. The van der Waals surface area contributed by atoms with Gasteiger partial charge < -0.3 is 9.73 Å². The van der Waals surface area contributed by atoms with Gasteiger partial charge in [0.2, 0.25) is 0 Å². The minimum absolute atomic E-state index is 0.270. The van der Waals surface area contributed by atoms with Crippen LogP contribution in [0.15, 0.2) is 71.1 Å². The van der Waals surface area contributed by atoms with Gasteiger partial charge in [0.05, 0.1) is 22.7 Å². The van der Waals surface area contributed by atoms with Crippen LogP contribution in [-0.2, 0) is 0 Å². The van der Waals surface area contributed by atoms with E-state index in [4.69, 9.17) is 9.68 Å². The van der Waals surface area contributed by atoms with E-state index in [2.05, 4.69) is 16.4 Å². The minimum atomic E-state index is -0.270. The van der Waals surface area contributed by atoms with Gasteiger partial charge in [0.25, 0.3) is 5.91 Å². The molecule has 5 heteroatoms. The first-order valence-corrected chi connectivity index (χ1v) is 8.42. The molecule has 130 valence electrons. The normalized spacial score (nSPS) is 10.5. The molecule has 2 heterocycles. The molecule has 1 amide bonds. The number of hydrogen-bond acceptors (Lipinski definition) is 4. The van der Waals surface area contributed by atoms with Crippen molar-refractivity contribution >= 4 is 22.5 Å². The van der Waals surface area contributed by atoms with Crippen molar-refractivity contribution in [1.29, 1.82) is 5.26 Å². The largest absolute Gasteiger partial charge is 0.460 e. The van der Waals surface area contributed by atoms with Gasteiger partial charge in [-0.25, -0.2) is 4.98 Å². The molecule has 0 fully saturated rings. The van der Waals surface area contributed by atoms with Gasteiger partial charge in [-0.3, -0.25) is 4.79 Å². The maximum Gasteiger partial charge on any atom is 0.256 e. The number of aryl methyl sites for hydroxylation is 1. The topological polar surface area (TPSA) is 78.9 Å². The van der Waals surface area contributed by atoms with Crippen LogP contribution in [0.5, 0.6) is 0 Å². The molecule has 2 aromatic carbocycles. The highest BCUT2D eigenvalue weighted by atomic mass is 16.3. The first-order valence-electron chi connectivity index (χ1n) is 8.42. The van der Waals surface area contributed by atoms with E-state index in [0.717, 1.165) is 11.1 Å². The van der Waals surface area contributed by atoms with Crippen LogP contribution < -0.4 is 5.32 Å². The summed E-state index contributed by atoms with van der Waals surface area (Å²) in [6, 6.07) is 21.8. The lowest BCUT2D eigenvalue weighted by molar-refractivity contribution is 0.102. The number of hydrogen-bond donors (Lipinski definition) is 1. The van der Waals surface area contributed by atoms with E-state index in [1.807, 2.05) is 43.3 Å². The van der Waals surface area contributed by atoms with Gasteiger partial charge in [-0.05, 0) is 49.4 Å². The van der Waals surface area contributed by atoms with Crippen LogP contribution in [0, 0.1) is 18.3 Å². The molecule has 0 aliphatic heterocycles. The van der Waals surface area contributed by atoms with Crippen LogP contribution in [0.25, 0.3) is 22.4 Å². The summed E-state index contributed by atoms with van der Waals surface area (Å²) < 4.78 is 5.67. The Morgan fingerprint density at radius 1 is 1.07 bits per heavy atom. The van der Waals surface area contributed by atoms with Gasteiger partial charge in [-0.15, -0.1) is 0 Å². The summed E-state index contributed by atoms with van der Waals surface area (Å²) in [5.41, 5.74) is 2.85. The molecule has 27 heavy (non-hydrogen) atoms. The van der Waals surface area contributed by atoms with E-state index in [-0.39, 0.29) is 5.91 Å². The Morgan fingerprint density at radius 2 is 1.93 bits per heavy atom. The van der Waals surface area contributed by atoms with Crippen LogP contribution in [0.1, 0.15) is 21.7 Å². The lowest BCUT2D eigenvalue weighted by atomic mass is 10.1. The zero-order chi connectivity index (χ0) is 18.8. The highest BCUT2D eigenvalue weighted by Gasteiger charge is 2.15. The fraction of sp³-hybridized carbons (Fsp3) is 0.0455. The third kappa shape index (κ3) is 3.29. The van der Waals surface area contributed by atoms with Gasteiger partial charge in [0.1, 0.15) is 11.5 Å². The predicted octanol–water partition coefficient (Wildman–Crippen LogP) is 4.93. The molecular formula is C22H15N3O2. The summed E-state index contributed by atoms with van der Waals surface area (Å²) in [5, 5.41) is 12.6. The number of fused-ring (bicyclic) bond motifs is 1. The number of nitriles is 1. The van der Waals surface area contributed by atoms with Crippen LogP contribution in [0.3, 0.4) is 0 Å². The monoisotopic (exact) mass is 353 g/mol. The number of nitrogens with zero attached hydrogens (tertiary/aromatic N) is 2. The second-order valence-electron chi connectivity index (χ2n) is 6.13. The number of para-hydroxylation sites is 1. The fourth-order valence-corrected chi connectivity index (χ4v) is 2.93. The zero-order valence-electron chi connectivity index (χ0n) is 14.6. The van der Waals surface area contributed by atoms with Gasteiger partial charge in [0, 0.05) is 11.1 Å². The van der Waals surface area contributed by atoms with Crippen molar-refractivity contribution in [2.24, 2.45) is 0 Å². The quantitative estimate of drug-likeness (QED) is 0.566. The number of amides is 1. The van der Waals surface area contributed by atoms with Crippen molar-refractivity contribution in [2.75, 3.05) is 5.32 Å². The van der Waals surface area contributed by atoms with Crippen molar-refractivity contribution in [2.45, 2.75) is 6.92 Å². The Labute approximate surface area is 155 Å². The fourth-order valence-electron chi connectivity index (χ4n) is 2.93. The Hall–Kier alpha value is -3.91. The molecule has 2 aromatic heterocycles. The molecule has 4 aromatic rings. The summed E-state index contributed by atoms with van der Waals surface area (Å²) in [6.07, 6.45) is 0. The van der Waals surface area contributed by atoms with E-state index >= 15 is 0 Å². The zero-order valence-corrected chi connectivity index (χ0v) is 14.6. The summed E-state index contributed by atoms with van der Waals surface area (Å²) in [7, 11) is 0. The Kier molecular flexibility index (Phi) is 4.15. The molecule has 0 atom stereocenters. The smallest absolute Gasteiger partial charge is 0.256 e. The summed E-state index contributed by atoms with van der Waals surface area (Å²) in [6.45, 7) is 1.86. The summed E-state index contributed by atoms with van der Waals surface area (Å²) >= 11 is 0. The van der Waals surface area contributed by atoms with E-state index in [1.165, 1.54) is 0 Å². The molecule has 0 saturated heterocycles. The van der Waals surface area contributed by atoms with E-state index in [0.29, 0.717) is 33.8 Å². The number of pyridine rings is 1. The number of nitrogens with one attached hydrogen (secondary N) is 1.